The van der Waals surface area contributed by atoms with Crippen LogP contribution in [0.3, 0.4) is 0 Å². The second kappa shape index (κ2) is 7.75. The highest BCUT2D eigenvalue weighted by Gasteiger charge is 2.33. The van der Waals surface area contributed by atoms with Gasteiger partial charge in [0.05, 0.1) is 11.2 Å². The van der Waals surface area contributed by atoms with Gasteiger partial charge in [-0.1, -0.05) is 25.1 Å². The predicted octanol–water partition coefficient (Wildman–Crippen LogP) is 2.83. The van der Waals surface area contributed by atoms with Crippen molar-refractivity contribution < 1.29 is 22.0 Å². The van der Waals surface area contributed by atoms with Crippen LogP contribution in [0.15, 0.2) is 67.5 Å². The molecule has 0 unspecified atom stereocenters. The summed E-state index contributed by atoms with van der Waals surface area (Å²) in [5, 5.41) is -0.148. The van der Waals surface area contributed by atoms with E-state index in [0.717, 1.165) is 0 Å². The van der Waals surface area contributed by atoms with E-state index in [4.69, 9.17) is 8.83 Å². The highest BCUT2D eigenvalue weighted by Crippen LogP contribution is 2.35. The molecule has 4 rings (SSSR count). The lowest BCUT2D eigenvalue weighted by atomic mass is 10.3. The van der Waals surface area contributed by atoms with E-state index in [1.165, 1.54) is 18.4 Å². The monoisotopic (exact) mass is 415 g/mol. The van der Waals surface area contributed by atoms with Gasteiger partial charge in [-0.25, -0.2) is 8.42 Å². The quantitative estimate of drug-likeness (QED) is 0.632. The van der Waals surface area contributed by atoms with Crippen LogP contribution in [0.5, 0.6) is 0 Å². The van der Waals surface area contributed by atoms with Gasteiger partial charge in [0.1, 0.15) is 0 Å². The van der Waals surface area contributed by atoms with Crippen LogP contribution < -0.4 is 4.90 Å². The van der Waals surface area contributed by atoms with Crippen LogP contribution in [0.2, 0.25) is 0 Å². The predicted molar refractivity (Wildman–Crippen MR) is 105 cm³/mol. The average Bonchev–Trinajstić information content (AvgIpc) is 3.44. The smallest absolute Gasteiger partial charge is 0.266 e. The minimum absolute atomic E-state index is 0.0793. The molecular weight excluding hydrogens is 394 g/mol. The third-order valence-electron chi connectivity index (χ3n) is 4.84. The summed E-state index contributed by atoms with van der Waals surface area (Å²) in [6.07, 6.45) is 1.91. The number of nitrogens with zero attached hydrogens (tertiary/aromatic N) is 3. The molecule has 1 fully saturated rings. The zero-order chi connectivity index (χ0) is 20.4. The largest absolute Gasteiger partial charge is 0.459 e. The summed E-state index contributed by atoms with van der Waals surface area (Å²) in [5.74, 6) is 0.701. The van der Waals surface area contributed by atoms with Crippen molar-refractivity contribution in [2.45, 2.75) is 23.3 Å². The molecule has 152 valence electrons. The minimum atomic E-state index is -3.89. The fraction of sp³-hybridized carbons (Fsp3) is 0.300. The Hall–Kier alpha value is -3.07. The molecule has 1 aromatic carbocycles. The number of carbonyl (C=O) groups excluding carboxylic acids is 1. The highest BCUT2D eigenvalue weighted by atomic mass is 32.2. The summed E-state index contributed by atoms with van der Waals surface area (Å²) >= 11 is 0. The molecule has 2 aromatic heterocycles. The summed E-state index contributed by atoms with van der Waals surface area (Å²) < 4.78 is 37.7. The van der Waals surface area contributed by atoms with Crippen LogP contribution in [0, 0.1) is 0 Å². The maximum Gasteiger partial charge on any atom is 0.266 e. The van der Waals surface area contributed by atoms with Crippen LogP contribution >= 0.6 is 0 Å². The van der Waals surface area contributed by atoms with Gasteiger partial charge in [0.15, 0.2) is 5.76 Å². The fourth-order valence-electron chi connectivity index (χ4n) is 3.27. The normalized spacial score (nSPS) is 14.9. The van der Waals surface area contributed by atoms with Crippen molar-refractivity contribution in [1.29, 1.82) is 0 Å². The molecule has 1 aliphatic rings. The van der Waals surface area contributed by atoms with Crippen molar-refractivity contribution in [3.05, 3.63) is 48.7 Å². The first kappa shape index (κ1) is 19.3. The first-order valence-electron chi connectivity index (χ1n) is 9.38. The van der Waals surface area contributed by atoms with E-state index in [0.29, 0.717) is 38.4 Å². The molecule has 1 saturated heterocycles. The molecule has 1 amide bonds. The number of rotatable bonds is 5. The lowest BCUT2D eigenvalue weighted by molar-refractivity contribution is -0.131. The summed E-state index contributed by atoms with van der Waals surface area (Å²) in [4.78, 5) is 19.9. The number of oxazole rings is 1. The van der Waals surface area contributed by atoms with Crippen molar-refractivity contribution in [2.75, 3.05) is 31.1 Å². The molecule has 0 bridgehead atoms. The second-order valence-electron chi connectivity index (χ2n) is 6.64. The third-order valence-corrected chi connectivity index (χ3v) is 6.51. The molecule has 0 radical (unpaired) electrons. The van der Waals surface area contributed by atoms with Gasteiger partial charge in [-0.3, -0.25) is 4.79 Å². The van der Waals surface area contributed by atoms with Crippen LogP contribution in [-0.2, 0) is 14.6 Å². The van der Waals surface area contributed by atoms with Crippen molar-refractivity contribution in [1.82, 2.24) is 9.88 Å². The standard InChI is InChI=1S/C20H21N3O5S/c1-2-17(24)22-10-12-23(13-11-22)20-19(21-18(28-20)16-9-6-14-27-16)29(25,26)15-7-4-3-5-8-15/h3-9,14H,2,10-13H2,1H3. The van der Waals surface area contributed by atoms with Gasteiger partial charge in [-0.05, 0) is 24.3 Å². The number of anilines is 1. The van der Waals surface area contributed by atoms with Crippen LogP contribution in [0.4, 0.5) is 5.88 Å². The molecule has 0 saturated carbocycles. The third kappa shape index (κ3) is 3.65. The van der Waals surface area contributed by atoms with E-state index >= 15 is 0 Å². The average molecular weight is 415 g/mol. The minimum Gasteiger partial charge on any atom is -0.459 e. The number of sulfone groups is 1. The Bertz CT molecular complexity index is 1080. The number of amides is 1. The second-order valence-corrected chi connectivity index (χ2v) is 8.51. The first-order chi connectivity index (χ1) is 14.0. The highest BCUT2D eigenvalue weighted by molar-refractivity contribution is 7.91. The summed E-state index contributed by atoms with van der Waals surface area (Å²) in [6, 6.07) is 11.5. The SMILES string of the molecule is CCC(=O)N1CCN(c2oc(-c3ccco3)nc2S(=O)(=O)c2ccccc2)CC1. The van der Waals surface area contributed by atoms with Crippen molar-refractivity contribution >= 4 is 21.6 Å². The zero-order valence-corrected chi connectivity index (χ0v) is 16.8. The zero-order valence-electron chi connectivity index (χ0n) is 15.9. The fourth-order valence-corrected chi connectivity index (χ4v) is 4.61. The number of furan rings is 1. The van der Waals surface area contributed by atoms with Gasteiger partial charge in [0, 0.05) is 32.6 Å². The molecule has 0 aliphatic carbocycles. The summed E-state index contributed by atoms with van der Waals surface area (Å²) in [6.45, 7) is 3.72. The maximum absolute atomic E-state index is 13.3. The van der Waals surface area contributed by atoms with Crippen molar-refractivity contribution in [3.63, 3.8) is 0 Å². The Balaban J connectivity index is 1.73. The Morgan fingerprint density at radius 3 is 2.41 bits per heavy atom. The Morgan fingerprint density at radius 2 is 1.79 bits per heavy atom. The van der Waals surface area contributed by atoms with Gasteiger partial charge >= 0.3 is 0 Å². The molecule has 3 heterocycles. The van der Waals surface area contributed by atoms with E-state index in [1.54, 1.807) is 35.2 Å². The summed E-state index contributed by atoms with van der Waals surface area (Å²) in [7, 11) is -3.89. The molecule has 29 heavy (non-hydrogen) atoms. The van der Waals surface area contributed by atoms with E-state index in [-0.39, 0.29) is 27.6 Å². The number of carbonyl (C=O) groups is 1. The van der Waals surface area contributed by atoms with Gasteiger partial charge in [0.25, 0.3) is 5.89 Å². The van der Waals surface area contributed by atoms with Gasteiger partial charge in [-0.2, -0.15) is 4.98 Å². The van der Waals surface area contributed by atoms with Crippen molar-refractivity contribution in [2.24, 2.45) is 0 Å². The van der Waals surface area contributed by atoms with E-state index < -0.39 is 9.84 Å². The topological polar surface area (TPSA) is 96.9 Å². The van der Waals surface area contributed by atoms with Crippen LogP contribution in [0.25, 0.3) is 11.7 Å². The maximum atomic E-state index is 13.3. The number of hydrogen-bond donors (Lipinski definition) is 0. The van der Waals surface area contributed by atoms with E-state index in [9.17, 15) is 13.2 Å². The number of piperazine rings is 1. The number of aromatic nitrogens is 1. The van der Waals surface area contributed by atoms with E-state index in [2.05, 4.69) is 4.98 Å². The van der Waals surface area contributed by atoms with Crippen molar-refractivity contribution in [3.8, 4) is 11.7 Å². The molecule has 1 aliphatic heterocycles. The van der Waals surface area contributed by atoms with Gasteiger partial charge in [0.2, 0.25) is 26.7 Å². The number of benzene rings is 1. The molecule has 9 heteroatoms. The molecule has 0 atom stereocenters. The Kier molecular flexibility index (Phi) is 5.14. The Labute approximate surface area is 168 Å². The lowest BCUT2D eigenvalue weighted by Gasteiger charge is -2.34. The summed E-state index contributed by atoms with van der Waals surface area (Å²) in [5.41, 5.74) is 0. The number of hydrogen-bond acceptors (Lipinski definition) is 7. The van der Waals surface area contributed by atoms with Gasteiger partial charge < -0.3 is 18.6 Å². The van der Waals surface area contributed by atoms with Crippen LogP contribution in [0.1, 0.15) is 13.3 Å². The van der Waals surface area contributed by atoms with Gasteiger partial charge in [-0.15, -0.1) is 0 Å². The Morgan fingerprint density at radius 1 is 1.07 bits per heavy atom. The molecule has 3 aromatic rings. The molecule has 0 spiro atoms. The lowest BCUT2D eigenvalue weighted by Crippen LogP contribution is -2.48. The molecule has 0 N–H and O–H groups in total. The van der Waals surface area contributed by atoms with Crippen LogP contribution in [-0.4, -0.2) is 50.4 Å². The molecular formula is C20H21N3O5S. The first-order valence-corrected chi connectivity index (χ1v) is 10.9. The van der Waals surface area contributed by atoms with E-state index in [1.807, 2.05) is 11.8 Å². The molecule has 8 nitrogen and oxygen atoms in total.